The predicted molar refractivity (Wildman–Crippen MR) is 61.4 cm³/mol. The summed E-state index contributed by atoms with van der Waals surface area (Å²) in [4.78, 5) is 7.70. The van der Waals surface area contributed by atoms with Crippen molar-refractivity contribution in [2.45, 2.75) is 20.3 Å². The molecular formula is C9H16N4S. The topological polar surface area (TPSA) is 66.0 Å². The lowest BCUT2D eigenvalue weighted by molar-refractivity contribution is 0.901. The Morgan fingerprint density at radius 1 is 1.57 bits per heavy atom. The Morgan fingerprint density at radius 2 is 2.21 bits per heavy atom. The van der Waals surface area contributed by atoms with Gasteiger partial charge in [0.25, 0.3) is 0 Å². The number of hydrogen-bond acceptors (Lipinski definition) is 4. The largest absolute Gasteiger partial charge is 0.388 e. The molecular weight excluding hydrogens is 196 g/mol. The minimum atomic E-state index is 0.224. The second-order valence-corrected chi connectivity index (χ2v) is 4.52. The third-order valence-electron chi connectivity index (χ3n) is 2.06. The van der Waals surface area contributed by atoms with Crippen LogP contribution in [-0.2, 0) is 0 Å². The van der Waals surface area contributed by atoms with Crippen LogP contribution in [0.4, 0.5) is 5.13 Å². The van der Waals surface area contributed by atoms with Crippen LogP contribution < -0.4 is 10.6 Å². The van der Waals surface area contributed by atoms with Gasteiger partial charge in [-0.15, -0.1) is 11.3 Å². The van der Waals surface area contributed by atoms with Crippen molar-refractivity contribution < 1.29 is 0 Å². The van der Waals surface area contributed by atoms with E-state index in [1.807, 2.05) is 18.9 Å². The van der Waals surface area contributed by atoms with Gasteiger partial charge in [0.05, 0.1) is 11.5 Å². The standard InChI is InChI=1S/C9H16N4S/c1-6-7(2)14-9(12-6)13(3)5-4-8(10)11/h4-5H2,1-3H3,(H3,10,11). The number of nitrogens with one attached hydrogen (secondary N) is 1. The average Bonchev–Trinajstić information content (AvgIpc) is 2.43. The van der Waals surface area contributed by atoms with E-state index in [1.54, 1.807) is 11.3 Å². The molecule has 1 rings (SSSR count). The lowest BCUT2D eigenvalue weighted by Crippen LogP contribution is -2.23. The maximum absolute atomic E-state index is 7.13. The maximum Gasteiger partial charge on any atom is 0.185 e. The number of nitrogens with zero attached hydrogens (tertiary/aromatic N) is 2. The molecule has 0 aliphatic carbocycles. The molecule has 5 heteroatoms. The monoisotopic (exact) mass is 212 g/mol. The van der Waals surface area contributed by atoms with Crippen molar-refractivity contribution in [3.05, 3.63) is 10.6 Å². The van der Waals surface area contributed by atoms with Crippen LogP contribution in [0.2, 0.25) is 0 Å². The van der Waals surface area contributed by atoms with Crippen molar-refractivity contribution in [1.29, 1.82) is 5.41 Å². The summed E-state index contributed by atoms with van der Waals surface area (Å²) in [5.41, 5.74) is 6.38. The van der Waals surface area contributed by atoms with Gasteiger partial charge >= 0.3 is 0 Å². The zero-order chi connectivity index (χ0) is 10.7. The first kappa shape index (κ1) is 11.0. The van der Waals surface area contributed by atoms with Crippen molar-refractivity contribution in [3.63, 3.8) is 0 Å². The molecule has 0 saturated carbocycles. The summed E-state index contributed by atoms with van der Waals surface area (Å²) in [6.45, 7) is 4.82. The molecule has 0 radical (unpaired) electrons. The molecule has 0 bridgehead atoms. The third-order valence-corrected chi connectivity index (χ3v) is 3.25. The third kappa shape index (κ3) is 2.70. The highest BCUT2D eigenvalue weighted by Crippen LogP contribution is 2.23. The normalized spacial score (nSPS) is 10.2. The number of aryl methyl sites for hydroxylation is 2. The fourth-order valence-corrected chi connectivity index (χ4v) is 1.90. The van der Waals surface area contributed by atoms with Gasteiger partial charge < -0.3 is 10.6 Å². The summed E-state index contributed by atoms with van der Waals surface area (Å²) in [6.07, 6.45) is 0.591. The molecule has 1 aromatic rings. The molecule has 0 aliphatic rings. The molecule has 14 heavy (non-hydrogen) atoms. The first-order valence-electron chi connectivity index (χ1n) is 4.48. The van der Waals surface area contributed by atoms with E-state index in [0.717, 1.165) is 17.4 Å². The van der Waals surface area contributed by atoms with Crippen molar-refractivity contribution in [3.8, 4) is 0 Å². The zero-order valence-electron chi connectivity index (χ0n) is 8.79. The van der Waals surface area contributed by atoms with E-state index in [-0.39, 0.29) is 5.84 Å². The van der Waals surface area contributed by atoms with Gasteiger partial charge in [0, 0.05) is 24.9 Å². The molecule has 0 saturated heterocycles. The van der Waals surface area contributed by atoms with Crippen LogP contribution in [-0.4, -0.2) is 24.4 Å². The van der Waals surface area contributed by atoms with E-state index >= 15 is 0 Å². The van der Waals surface area contributed by atoms with Gasteiger partial charge in [-0.25, -0.2) is 4.98 Å². The van der Waals surface area contributed by atoms with Crippen molar-refractivity contribution in [2.24, 2.45) is 5.73 Å². The summed E-state index contributed by atoms with van der Waals surface area (Å²) in [6, 6.07) is 0. The number of amidine groups is 1. The first-order chi connectivity index (χ1) is 6.50. The lowest BCUT2D eigenvalue weighted by Gasteiger charge is -2.14. The SMILES string of the molecule is Cc1nc(N(C)CCC(=N)N)sc1C. The average molecular weight is 212 g/mol. The molecule has 0 fully saturated rings. The first-order valence-corrected chi connectivity index (χ1v) is 5.30. The van der Waals surface area contributed by atoms with Crippen molar-refractivity contribution in [2.75, 3.05) is 18.5 Å². The van der Waals surface area contributed by atoms with Gasteiger partial charge in [0.15, 0.2) is 5.13 Å². The molecule has 0 unspecified atom stereocenters. The Balaban J connectivity index is 2.60. The van der Waals surface area contributed by atoms with Crippen LogP contribution in [0.15, 0.2) is 0 Å². The van der Waals surface area contributed by atoms with Gasteiger partial charge in [-0.2, -0.15) is 0 Å². The predicted octanol–water partition coefficient (Wildman–Crippen LogP) is 1.52. The number of rotatable bonds is 4. The van der Waals surface area contributed by atoms with Gasteiger partial charge in [0.2, 0.25) is 0 Å². The molecule has 78 valence electrons. The molecule has 4 nitrogen and oxygen atoms in total. The number of aromatic nitrogens is 1. The molecule has 3 N–H and O–H groups in total. The Bertz CT molecular complexity index is 312. The van der Waals surface area contributed by atoms with Crippen LogP contribution in [0, 0.1) is 19.3 Å². The van der Waals surface area contributed by atoms with E-state index in [4.69, 9.17) is 11.1 Å². The minimum absolute atomic E-state index is 0.224. The smallest absolute Gasteiger partial charge is 0.185 e. The Labute approximate surface area is 88.3 Å². The second kappa shape index (κ2) is 4.41. The second-order valence-electron chi connectivity index (χ2n) is 3.33. The van der Waals surface area contributed by atoms with Crippen LogP contribution in [0.3, 0.4) is 0 Å². The summed E-state index contributed by atoms with van der Waals surface area (Å²) >= 11 is 1.68. The van der Waals surface area contributed by atoms with Crippen LogP contribution in [0.25, 0.3) is 0 Å². The summed E-state index contributed by atoms with van der Waals surface area (Å²) in [5, 5.41) is 8.13. The van der Waals surface area contributed by atoms with E-state index in [2.05, 4.69) is 11.9 Å². The quantitative estimate of drug-likeness (QED) is 0.587. The van der Waals surface area contributed by atoms with Gasteiger partial charge in [-0.3, -0.25) is 5.41 Å². The van der Waals surface area contributed by atoms with Gasteiger partial charge in [0.1, 0.15) is 0 Å². The molecule has 1 aromatic heterocycles. The summed E-state index contributed by atoms with van der Waals surface area (Å²) < 4.78 is 0. The van der Waals surface area contributed by atoms with E-state index in [9.17, 15) is 0 Å². The Hall–Kier alpha value is -1.10. The summed E-state index contributed by atoms with van der Waals surface area (Å²) in [5.74, 6) is 0.224. The summed E-state index contributed by atoms with van der Waals surface area (Å²) in [7, 11) is 1.97. The highest BCUT2D eigenvalue weighted by atomic mass is 32.1. The highest BCUT2D eigenvalue weighted by Gasteiger charge is 2.08. The number of anilines is 1. The zero-order valence-corrected chi connectivity index (χ0v) is 9.61. The maximum atomic E-state index is 7.13. The van der Waals surface area contributed by atoms with Crippen molar-refractivity contribution >= 4 is 22.3 Å². The molecule has 0 amide bonds. The fourth-order valence-electron chi connectivity index (χ4n) is 1.00. The fraction of sp³-hybridized carbons (Fsp3) is 0.556. The van der Waals surface area contributed by atoms with Crippen LogP contribution in [0.5, 0.6) is 0 Å². The number of hydrogen-bond donors (Lipinski definition) is 2. The molecule has 0 aromatic carbocycles. The van der Waals surface area contributed by atoms with Crippen LogP contribution in [0.1, 0.15) is 17.0 Å². The lowest BCUT2D eigenvalue weighted by atomic mass is 10.4. The van der Waals surface area contributed by atoms with E-state index in [0.29, 0.717) is 6.42 Å². The van der Waals surface area contributed by atoms with E-state index < -0.39 is 0 Å². The number of thiazole rings is 1. The van der Waals surface area contributed by atoms with Gasteiger partial charge in [-0.05, 0) is 13.8 Å². The molecule has 0 atom stereocenters. The van der Waals surface area contributed by atoms with E-state index in [1.165, 1.54) is 4.88 Å². The highest BCUT2D eigenvalue weighted by molar-refractivity contribution is 7.15. The Morgan fingerprint density at radius 3 is 2.64 bits per heavy atom. The van der Waals surface area contributed by atoms with Crippen LogP contribution >= 0.6 is 11.3 Å². The van der Waals surface area contributed by atoms with Crippen molar-refractivity contribution in [1.82, 2.24) is 4.98 Å². The Kier molecular flexibility index (Phi) is 3.46. The molecule has 0 aliphatic heterocycles. The number of nitrogens with two attached hydrogens (primary N) is 1. The minimum Gasteiger partial charge on any atom is -0.388 e. The molecule has 0 spiro atoms. The molecule has 1 heterocycles. The van der Waals surface area contributed by atoms with Gasteiger partial charge in [-0.1, -0.05) is 0 Å².